The first kappa shape index (κ1) is 16.7. The van der Waals surface area contributed by atoms with Crippen molar-refractivity contribution in [2.24, 2.45) is 5.41 Å². The average molecular weight is 339 g/mol. The van der Waals surface area contributed by atoms with Crippen molar-refractivity contribution in [3.63, 3.8) is 0 Å². The van der Waals surface area contributed by atoms with Gasteiger partial charge in [-0.2, -0.15) is 4.31 Å². The summed E-state index contributed by atoms with van der Waals surface area (Å²) in [5.74, 6) is 0.687. The summed E-state index contributed by atoms with van der Waals surface area (Å²) in [5, 5.41) is 12.3. The van der Waals surface area contributed by atoms with Crippen molar-refractivity contribution < 1.29 is 13.5 Å². The topological polar surface area (TPSA) is 82.5 Å². The van der Waals surface area contributed by atoms with E-state index in [0.29, 0.717) is 18.9 Å². The van der Waals surface area contributed by atoms with Gasteiger partial charge in [-0.1, -0.05) is 6.42 Å². The highest BCUT2D eigenvalue weighted by atomic mass is 32.2. The van der Waals surface area contributed by atoms with Crippen LogP contribution >= 0.6 is 0 Å². The summed E-state index contributed by atoms with van der Waals surface area (Å²) in [7, 11) is -3.41. The van der Waals surface area contributed by atoms with Gasteiger partial charge in [-0.15, -0.1) is 0 Å². The second-order valence-corrected chi connectivity index (χ2v) is 8.61. The van der Waals surface area contributed by atoms with Crippen LogP contribution < -0.4 is 5.32 Å². The first-order valence-corrected chi connectivity index (χ1v) is 9.81. The fourth-order valence-corrected chi connectivity index (χ4v) is 4.56. The fourth-order valence-electron chi connectivity index (χ4n) is 3.10. The Balaban J connectivity index is 1.62. The molecule has 128 valence electrons. The molecule has 1 aromatic heterocycles. The number of hydrogen-bond acceptors (Lipinski definition) is 5. The fraction of sp³-hybridized carbons (Fsp3) is 0.688. The van der Waals surface area contributed by atoms with Gasteiger partial charge in [0.1, 0.15) is 10.7 Å². The van der Waals surface area contributed by atoms with Gasteiger partial charge < -0.3 is 10.4 Å². The lowest BCUT2D eigenvalue weighted by Crippen LogP contribution is -2.35. The Labute approximate surface area is 138 Å². The maximum Gasteiger partial charge on any atom is 0.244 e. The van der Waals surface area contributed by atoms with Crippen LogP contribution in [0.4, 0.5) is 5.82 Å². The molecule has 0 aromatic carbocycles. The number of aliphatic hydroxyl groups is 1. The van der Waals surface area contributed by atoms with Crippen LogP contribution in [0.2, 0.25) is 0 Å². The molecule has 1 saturated carbocycles. The van der Waals surface area contributed by atoms with Crippen LogP contribution in [0.25, 0.3) is 0 Å². The number of hydrogen-bond donors (Lipinski definition) is 2. The minimum atomic E-state index is -3.41. The molecule has 2 fully saturated rings. The Kier molecular flexibility index (Phi) is 4.89. The van der Waals surface area contributed by atoms with Gasteiger partial charge in [-0.25, -0.2) is 13.4 Å². The third-order valence-electron chi connectivity index (χ3n) is 4.93. The Bertz CT molecular complexity index is 620. The smallest absolute Gasteiger partial charge is 0.244 e. The summed E-state index contributed by atoms with van der Waals surface area (Å²) in [6.45, 7) is 2.19. The zero-order chi connectivity index (χ0) is 16.3. The molecule has 0 atom stereocenters. The molecule has 1 aromatic rings. The number of pyridine rings is 1. The SMILES string of the molecule is O=S(=O)(c1ccc(NCC2(CCO)CC2)nc1)N1CCCCC1. The summed E-state index contributed by atoms with van der Waals surface area (Å²) in [6, 6.07) is 3.36. The molecule has 2 N–H and O–H groups in total. The third kappa shape index (κ3) is 3.84. The predicted octanol–water partition coefficient (Wildman–Crippen LogP) is 1.83. The molecule has 1 aliphatic heterocycles. The van der Waals surface area contributed by atoms with Crippen molar-refractivity contribution in [3.8, 4) is 0 Å². The van der Waals surface area contributed by atoms with Crippen molar-refractivity contribution in [2.45, 2.75) is 43.4 Å². The highest BCUT2D eigenvalue weighted by Crippen LogP contribution is 2.48. The molecule has 7 heteroatoms. The first-order chi connectivity index (χ1) is 11.1. The van der Waals surface area contributed by atoms with E-state index in [-0.39, 0.29) is 16.9 Å². The maximum atomic E-state index is 12.5. The number of nitrogens with zero attached hydrogens (tertiary/aromatic N) is 2. The van der Waals surface area contributed by atoms with Crippen LogP contribution in [0, 0.1) is 5.41 Å². The van der Waals surface area contributed by atoms with E-state index in [2.05, 4.69) is 10.3 Å². The molecule has 23 heavy (non-hydrogen) atoms. The van der Waals surface area contributed by atoms with E-state index in [1.807, 2.05) is 0 Å². The molecule has 0 amide bonds. The number of anilines is 1. The van der Waals surface area contributed by atoms with Gasteiger partial charge >= 0.3 is 0 Å². The van der Waals surface area contributed by atoms with Gasteiger partial charge in [0.15, 0.2) is 0 Å². The molecule has 2 aliphatic rings. The van der Waals surface area contributed by atoms with Crippen LogP contribution in [-0.4, -0.2) is 49.1 Å². The Morgan fingerprint density at radius 3 is 2.52 bits per heavy atom. The monoisotopic (exact) mass is 339 g/mol. The minimum Gasteiger partial charge on any atom is -0.396 e. The molecule has 0 radical (unpaired) electrons. The van der Waals surface area contributed by atoms with Crippen molar-refractivity contribution in [3.05, 3.63) is 18.3 Å². The first-order valence-electron chi connectivity index (χ1n) is 8.37. The number of nitrogens with one attached hydrogen (secondary N) is 1. The molecular weight excluding hydrogens is 314 g/mol. The standard InChI is InChI=1S/C16H25N3O3S/c20-11-8-16(6-7-16)13-18-15-5-4-14(12-17-15)23(21,22)19-9-2-1-3-10-19/h4-5,12,20H,1-3,6-11,13H2,(H,17,18). The largest absolute Gasteiger partial charge is 0.396 e. The Morgan fingerprint density at radius 2 is 1.96 bits per heavy atom. The van der Waals surface area contributed by atoms with Gasteiger partial charge in [0.25, 0.3) is 0 Å². The van der Waals surface area contributed by atoms with E-state index in [0.717, 1.165) is 45.1 Å². The zero-order valence-electron chi connectivity index (χ0n) is 13.4. The van der Waals surface area contributed by atoms with Crippen LogP contribution in [0.3, 0.4) is 0 Å². The highest BCUT2D eigenvalue weighted by Gasteiger charge is 2.41. The lowest BCUT2D eigenvalue weighted by molar-refractivity contribution is 0.253. The van der Waals surface area contributed by atoms with Crippen LogP contribution in [0.5, 0.6) is 0 Å². The molecule has 6 nitrogen and oxygen atoms in total. The second-order valence-electron chi connectivity index (χ2n) is 6.67. The van der Waals surface area contributed by atoms with Crippen molar-refractivity contribution in [1.82, 2.24) is 9.29 Å². The number of aliphatic hydroxyl groups excluding tert-OH is 1. The van der Waals surface area contributed by atoms with Crippen molar-refractivity contribution in [2.75, 3.05) is 31.6 Å². The number of sulfonamides is 1. The quantitative estimate of drug-likeness (QED) is 0.792. The zero-order valence-corrected chi connectivity index (χ0v) is 14.2. The summed E-state index contributed by atoms with van der Waals surface area (Å²) in [4.78, 5) is 4.52. The summed E-state index contributed by atoms with van der Waals surface area (Å²) >= 11 is 0. The normalized spacial score (nSPS) is 21.1. The van der Waals surface area contributed by atoms with Crippen molar-refractivity contribution >= 4 is 15.8 Å². The Hall–Kier alpha value is -1.18. The molecule has 0 bridgehead atoms. The number of piperidine rings is 1. The highest BCUT2D eigenvalue weighted by molar-refractivity contribution is 7.89. The second kappa shape index (κ2) is 6.75. The van der Waals surface area contributed by atoms with Crippen molar-refractivity contribution in [1.29, 1.82) is 0 Å². The summed E-state index contributed by atoms with van der Waals surface area (Å²) < 4.78 is 26.7. The molecule has 0 unspecified atom stereocenters. The summed E-state index contributed by atoms with van der Waals surface area (Å²) in [6.07, 6.45) is 7.46. The minimum absolute atomic E-state index is 0.203. The lowest BCUT2D eigenvalue weighted by atomic mass is 10.0. The third-order valence-corrected chi connectivity index (χ3v) is 6.82. The molecule has 2 heterocycles. The molecule has 1 aliphatic carbocycles. The van der Waals surface area contributed by atoms with Gasteiger partial charge in [0.05, 0.1) is 0 Å². The van der Waals surface area contributed by atoms with E-state index in [1.165, 1.54) is 6.20 Å². The molecule has 3 rings (SSSR count). The molecular formula is C16H25N3O3S. The van der Waals surface area contributed by atoms with Gasteiger partial charge in [0, 0.05) is 32.4 Å². The van der Waals surface area contributed by atoms with Crippen LogP contribution in [-0.2, 0) is 10.0 Å². The number of aromatic nitrogens is 1. The Morgan fingerprint density at radius 1 is 1.22 bits per heavy atom. The average Bonchev–Trinajstić information content (AvgIpc) is 3.35. The predicted molar refractivity (Wildman–Crippen MR) is 88.7 cm³/mol. The van der Waals surface area contributed by atoms with E-state index in [9.17, 15) is 8.42 Å². The van der Waals surface area contributed by atoms with E-state index < -0.39 is 10.0 Å². The molecule has 1 saturated heterocycles. The molecule has 0 spiro atoms. The lowest BCUT2D eigenvalue weighted by Gasteiger charge is -2.25. The van der Waals surface area contributed by atoms with Gasteiger partial charge in [-0.05, 0) is 49.7 Å². The van der Waals surface area contributed by atoms with E-state index in [4.69, 9.17) is 5.11 Å². The van der Waals surface area contributed by atoms with E-state index >= 15 is 0 Å². The van der Waals surface area contributed by atoms with Crippen LogP contribution in [0.15, 0.2) is 23.2 Å². The summed E-state index contributed by atoms with van der Waals surface area (Å²) in [5.41, 5.74) is 0.203. The maximum absolute atomic E-state index is 12.5. The van der Waals surface area contributed by atoms with Gasteiger partial charge in [-0.3, -0.25) is 0 Å². The van der Waals surface area contributed by atoms with Gasteiger partial charge in [0.2, 0.25) is 10.0 Å². The van der Waals surface area contributed by atoms with E-state index in [1.54, 1.807) is 16.4 Å². The van der Waals surface area contributed by atoms with Crippen LogP contribution in [0.1, 0.15) is 38.5 Å². The number of rotatable bonds is 7.